The summed E-state index contributed by atoms with van der Waals surface area (Å²) in [7, 11) is 7.78. The van der Waals surface area contributed by atoms with Crippen LogP contribution in [0.5, 0.6) is 5.75 Å². The Labute approximate surface area is 194 Å². The van der Waals surface area contributed by atoms with Crippen molar-refractivity contribution in [1.82, 2.24) is 19.4 Å². The first-order chi connectivity index (χ1) is 15.9. The van der Waals surface area contributed by atoms with E-state index in [4.69, 9.17) is 15.5 Å². The van der Waals surface area contributed by atoms with Crippen LogP contribution in [0.3, 0.4) is 0 Å². The highest BCUT2D eigenvalue weighted by atomic mass is 16.5. The van der Waals surface area contributed by atoms with E-state index in [2.05, 4.69) is 57.0 Å². The van der Waals surface area contributed by atoms with Gasteiger partial charge < -0.3 is 30.2 Å². The van der Waals surface area contributed by atoms with Crippen LogP contribution in [0.1, 0.15) is 5.56 Å². The molecule has 0 saturated heterocycles. The largest absolute Gasteiger partial charge is 0.494 e. The lowest BCUT2D eigenvalue weighted by Crippen LogP contribution is -2.29. The summed E-state index contributed by atoms with van der Waals surface area (Å²) >= 11 is 0. The maximum absolute atomic E-state index is 6.40. The molecule has 0 aliphatic carbocycles. The predicted octanol–water partition coefficient (Wildman–Crippen LogP) is 4.06. The van der Waals surface area contributed by atoms with Crippen LogP contribution in [-0.2, 0) is 0 Å². The number of aromatic nitrogens is 3. The van der Waals surface area contributed by atoms with E-state index in [1.54, 1.807) is 7.11 Å². The Morgan fingerprint density at radius 3 is 2.64 bits per heavy atom. The molecule has 0 unspecified atom stereocenters. The molecule has 0 spiro atoms. The van der Waals surface area contributed by atoms with Gasteiger partial charge in [-0.2, -0.15) is 4.98 Å². The molecule has 172 valence electrons. The number of nitrogens with one attached hydrogen (secondary N) is 1. The van der Waals surface area contributed by atoms with Gasteiger partial charge in [0, 0.05) is 44.2 Å². The minimum atomic E-state index is 0.472. The minimum absolute atomic E-state index is 0.472. The van der Waals surface area contributed by atoms with Crippen LogP contribution < -0.4 is 20.7 Å². The van der Waals surface area contributed by atoms with Crippen LogP contribution in [-0.4, -0.2) is 60.8 Å². The molecular weight excluding hydrogens is 414 g/mol. The third kappa shape index (κ3) is 4.70. The van der Waals surface area contributed by atoms with E-state index >= 15 is 0 Å². The van der Waals surface area contributed by atoms with Crippen LogP contribution in [0.2, 0.25) is 0 Å². The molecule has 0 aliphatic heterocycles. The van der Waals surface area contributed by atoms with Crippen LogP contribution >= 0.6 is 0 Å². The Morgan fingerprint density at radius 1 is 1.09 bits per heavy atom. The third-order valence-electron chi connectivity index (χ3n) is 5.66. The Bertz CT molecular complexity index is 1270. The zero-order valence-corrected chi connectivity index (χ0v) is 19.8. The molecule has 33 heavy (non-hydrogen) atoms. The number of aryl methyl sites for hydroxylation is 1. The zero-order chi connectivity index (χ0) is 23.5. The molecule has 4 aromatic rings. The van der Waals surface area contributed by atoms with Gasteiger partial charge in [-0.1, -0.05) is 18.2 Å². The van der Waals surface area contributed by atoms with Crippen molar-refractivity contribution in [1.29, 1.82) is 0 Å². The van der Waals surface area contributed by atoms with Gasteiger partial charge in [-0.15, -0.1) is 0 Å². The molecule has 0 aliphatic rings. The van der Waals surface area contributed by atoms with Crippen molar-refractivity contribution in [2.24, 2.45) is 0 Å². The van der Waals surface area contributed by atoms with Gasteiger partial charge in [0.15, 0.2) is 0 Å². The van der Waals surface area contributed by atoms with E-state index in [1.165, 1.54) is 0 Å². The van der Waals surface area contributed by atoms with Gasteiger partial charge in [0.2, 0.25) is 5.95 Å². The van der Waals surface area contributed by atoms with E-state index in [-0.39, 0.29) is 0 Å². The van der Waals surface area contributed by atoms with Crippen LogP contribution in [0.4, 0.5) is 23.0 Å². The lowest BCUT2D eigenvalue weighted by atomic mass is 10.2. The summed E-state index contributed by atoms with van der Waals surface area (Å²) in [5.74, 6) is 1.97. The number of nitrogens with zero attached hydrogens (tertiary/aromatic N) is 5. The minimum Gasteiger partial charge on any atom is -0.494 e. The summed E-state index contributed by atoms with van der Waals surface area (Å²) in [6.07, 6.45) is 3.85. The molecule has 2 aromatic heterocycles. The molecule has 4 rings (SSSR count). The van der Waals surface area contributed by atoms with Gasteiger partial charge in [0.05, 0.1) is 29.7 Å². The number of methoxy groups -OCH3 is 1. The second kappa shape index (κ2) is 9.38. The van der Waals surface area contributed by atoms with Gasteiger partial charge in [-0.25, -0.2) is 4.98 Å². The summed E-state index contributed by atoms with van der Waals surface area (Å²) < 4.78 is 7.73. The van der Waals surface area contributed by atoms with Crippen molar-refractivity contribution < 1.29 is 4.74 Å². The summed E-state index contributed by atoms with van der Waals surface area (Å²) in [5, 5.41) is 4.45. The van der Waals surface area contributed by atoms with E-state index in [9.17, 15) is 0 Å². The maximum atomic E-state index is 6.40. The molecular formula is C25H31N7O. The second-order valence-corrected chi connectivity index (χ2v) is 8.41. The standard InChI is InChI=1S/C25H31N7O/c1-17-16-27-25(29-24(17)32-11-10-18-8-6-7-9-21(18)32)28-20-14-19(26)22(15-23(20)33-5)31(4)13-12-30(2)3/h6-11,14-16H,12-13,26H2,1-5H3,(H,27,28,29). The summed E-state index contributed by atoms with van der Waals surface area (Å²) in [5.41, 5.74) is 10.8. The smallest absolute Gasteiger partial charge is 0.229 e. The lowest BCUT2D eigenvalue weighted by Gasteiger charge is -2.24. The Kier molecular flexibility index (Phi) is 6.37. The quantitative estimate of drug-likeness (QED) is 0.396. The van der Waals surface area contributed by atoms with E-state index in [1.807, 2.05) is 50.6 Å². The molecule has 3 N–H and O–H groups in total. The van der Waals surface area contributed by atoms with E-state index < -0.39 is 0 Å². The first-order valence-electron chi connectivity index (χ1n) is 10.9. The Morgan fingerprint density at radius 2 is 1.88 bits per heavy atom. The van der Waals surface area contributed by atoms with Crippen molar-refractivity contribution in [3.8, 4) is 11.6 Å². The second-order valence-electron chi connectivity index (χ2n) is 8.41. The number of benzene rings is 2. The van der Waals surface area contributed by atoms with Crippen LogP contribution in [0.25, 0.3) is 16.7 Å². The molecule has 0 atom stereocenters. The highest BCUT2D eigenvalue weighted by Crippen LogP contribution is 2.36. The lowest BCUT2D eigenvalue weighted by molar-refractivity contribution is 0.413. The van der Waals surface area contributed by atoms with Crippen molar-refractivity contribution >= 4 is 33.9 Å². The summed E-state index contributed by atoms with van der Waals surface area (Å²) in [6.45, 7) is 3.78. The molecule has 0 saturated carbocycles. The predicted molar refractivity (Wildman–Crippen MR) is 136 cm³/mol. The average Bonchev–Trinajstić information content (AvgIpc) is 3.23. The van der Waals surface area contributed by atoms with Gasteiger partial charge in [-0.05, 0) is 44.6 Å². The molecule has 0 radical (unpaired) electrons. The molecule has 0 amide bonds. The molecule has 0 bridgehead atoms. The fourth-order valence-electron chi connectivity index (χ4n) is 3.78. The number of hydrogen-bond donors (Lipinski definition) is 2. The first kappa shape index (κ1) is 22.4. The topological polar surface area (TPSA) is 84.5 Å². The number of hydrogen-bond acceptors (Lipinski definition) is 7. The van der Waals surface area contributed by atoms with Gasteiger partial charge in [0.25, 0.3) is 0 Å². The Balaban J connectivity index is 1.65. The highest BCUT2D eigenvalue weighted by Gasteiger charge is 2.15. The van der Waals surface area contributed by atoms with Crippen molar-refractivity contribution in [3.05, 3.63) is 60.4 Å². The molecule has 0 fully saturated rings. The number of para-hydroxylation sites is 1. The number of nitrogen functional groups attached to an aromatic ring is 1. The van der Waals surface area contributed by atoms with E-state index in [0.29, 0.717) is 23.1 Å². The third-order valence-corrected chi connectivity index (χ3v) is 5.66. The number of nitrogens with two attached hydrogens (primary N) is 1. The van der Waals surface area contributed by atoms with Crippen LogP contribution in [0.15, 0.2) is 54.9 Å². The molecule has 8 heteroatoms. The van der Waals surface area contributed by atoms with Crippen molar-refractivity contribution in [3.63, 3.8) is 0 Å². The molecule has 2 heterocycles. The first-order valence-corrected chi connectivity index (χ1v) is 10.9. The average molecular weight is 446 g/mol. The molecule has 8 nitrogen and oxygen atoms in total. The van der Waals surface area contributed by atoms with E-state index in [0.717, 1.165) is 41.1 Å². The number of likely N-dealkylation sites (N-methyl/N-ethyl adjacent to an activating group) is 2. The zero-order valence-electron chi connectivity index (χ0n) is 19.8. The fraction of sp³-hybridized carbons (Fsp3) is 0.280. The van der Waals surface area contributed by atoms with Crippen molar-refractivity contribution in [2.75, 3.05) is 57.3 Å². The number of ether oxygens (including phenoxy) is 1. The van der Waals surface area contributed by atoms with Gasteiger partial charge in [0.1, 0.15) is 11.6 Å². The maximum Gasteiger partial charge on any atom is 0.229 e. The Hall–Kier alpha value is -3.78. The number of anilines is 4. The fourth-order valence-corrected chi connectivity index (χ4v) is 3.78. The van der Waals surface area contributed by atoms with Crippen molar-refractivity contribution in [2.45, 2.75) is 6.92 Å². The monoisotopic (exact) mass is 445 g/mol. The number of rotatable bonds is 8. The highest BCUT2D eigenvalue weighted by molar-refractivity contribution is 5.82. The van der Waals surface area contributed by atoms with Crippen LogP contribution in [0, 0.1) is 6.92 Å². The number of fused-ring (bicyclic) bond motifs is 1. The normalized spacial score (nSPS) is 11.2. The SMILES string of the molecule is COc1cc(N(C)CCN(C)C)c(N)cc1Nc1ncc(C)c(-n2ccc3ccccc32)n1. The molecule has 2 aromatic carbocycles. The van der Waals surface area contributed by atoms with Gasteiger partial charge in [-0.3, -0.25) is 0 Å². The summed E-state index contributed by atoms with van der Waals surface area (Å²) in [4.78, 5) is 13.6. The van der Waals surface area contributed by atoms with Gasteiger partial charge >= 0.3 is 0 Å². The summed E-state index contributed by atoms with van der Waals surface area (Å²) in [6, 6.07) is 14.1.